The lowest BCUT2D eigenvalue weighted by molar-refractivity contribution is -0.240. The average Bonchev–Trinajstić information content (AvgIpc) is 3.35. The quantitative estimate of drug-likeness (QED) is 0.454. The Morgan fingerprint density at radius 1 is 0.943 bits per heavy atom. The van der Waals surface area contributed by atoms with E-state index in [0.717, 1.165) is 11.1 Å². The SMILES string of the molecule is COP(=O)(OC)[C@@](O)(COCc1ccccc1)[C@H]1O[C@@H]2OC(C)(C)O[C@@H]2[C@H]1OCc1ccccc1. The van der Waals surface area contributed by atoms with Crippen LogP contribution >= 0.6 is 7.60 Å². The maximum atomic E-state index is 13.7. The number of hydrogen-bond donors (Lipinski definition) is 1. The molecule has 4 rings (SSSR count). The molecule has 2 aliphatic rings. The van der Waals surface area contributed by atoms with Crippen molar-refractivity contribution >= 4 is 7.60 Å². The van der Waals surface area contributed by atoms with Gasteiger partial charge in [0.2, 0.25) is 5.34 Å². The highest BCUT2D eigenvalue weighted by molar-refractivity contribution is 7.55. The lowest BCUT2D eigenvalue weighted by Gasteiger charge is -2.39. The van der Waals surface area contributed by atoms with Crippen molar-refractivity contribution in [3.63, 3.8) is 0 Å². The number of hydrogen-bond acceptors (Lipinski definition) is 9. The van der Waals surface area contributed by atoms with Gasteiger partial charge in [-0.3, -0.25) is 4.57 Å². The van der Waals surface area contributed by atoms with E-state index in [1.54, 1.807) is 13.8 Å². The number of benzene rings is 2. The van der Waals surface area contributed by atoms with Crippen LogP contribution in [0.4, 0.5) is 0 Å². The van der Waals surface area contributed by atoms with E-state index in [9.17, 15) is 9.67 Å². The van der Waals surface area contributed by atoms with Crippen LogP contribution in [0.1, 0.15) is 25.0 Å². The zero-order valence-corrected chi connectivity index (χ0v) is 21.3. The van der Waals surface area contributed by atoms with Gasteiger partial charge in [0.05, 0.1) is 19.8 Å². The molecule has 0 aromatic heterocycles. The molecule has 2 aromatic carbocycles. The van der Waals surface area contributed by atoms with Crippen LogP contribution in [0.25, 0.3) is 0 Å². The van der Waals surface area contributed by atoms with E-state index in [1.807, 2.05) is 60.7 Å². The number of rotatable bonds is 11. The Morgan fingerprint density at radius 3 is 2.09 bits per heavy atom. The molecule has 5 atom stereocenters. The van der Waals surface area contributed by atoms with Crippen molar-refractivity contribution < 1.29 is 42.4 Å². The monoisotopic (exact) mass is 508 g/mol. The third-order valence-corrected chi connectivity index (χ3v) is 8.41. The fourth-order valence-corrected chi connectivity index (χ4v) is 5.95. The molecular formula is C25H33O9P. The topological polar surface area (TPSA) is 102 Å². The van der Waals surface area contributed by atoms with E-state index in [4.69, 9.17) is 32.7 Å². The fourth-order valence-electron chi connectivity index (χ4n) is 4.40. The van der Waals surface area contributed by atoms with Gasteiger partial charge in [-0.15, -0.1) is 0 Å². The van der Waals surface area contributed by atoms with Crippen LogP contribution in [-0.2, 0) is 50.5 Å². The molecule has 0 unspecified atom stereocenters. The van der Waals surface area contributed by atoms with Gasteiger partial charge in [0.15, 0.2) is 12.1 Å². The zero-order chi connectivity index (χ0) is 25.1. The van der Waals surface area contributed by atoms with Crippen molar-refractivity contribution in [2.45, 2.75) is 62.8 Å². The highest BCUT2D eigenvalue weighted by Gasteiger charge is 2.67. The van der Waals surface area contributed by atoms with Crippen LogP contribution in [0, 0.1) is 0 Å². The van der Waals surface area contributed by atoms with E-state index in [1.165, 1.54) is 14.2 Å². The fraction of sp³-hybridized carbons (Fsp3) is 0.520. The van der Waals surface area contributed by atoms with E-state index < -0.39 is 49.9 Å². The molecule has 1 N–H and O–H groups in total. The zero-order valence-electron chi connectivity index (χ0n) is 20.4. The van der Waals surface area contributed by atoms with Crippen molar-refractivity contribution in [3.05, 3.63) is 71.8 Å². The van der Waals surface area contributed by atoms with Crippen molar-refractivity contribution in [2.75, 3.05) is 20.8 Å². The lowest BCUT2D eigenvalue weighted by atomic mass is 10.0. The first kappa shape index (κ1) is 26.4. The van der Waals surface area contributed by atoms with E-state index in [0.29, 0.717) is 0 Å². The van der Waals surface area contributed by atoms with Crippen molar-refractivity contribution in [3.8, 4) is 0 Å². The van der Waals surface area contributed by atoms with Crippen LogP contribution in [0.5, 0.6) is 0 Å². The summed E-state index contributed by atoms with van der Waals surface area (Å²) in [5.41, 5.74) is 1.80. The molecule has 9 nitrogen and oxygen atoms in total. The number of aliphatic hydroxyl groups is 1. The second-order valence-electron chi connectivity index (χ2n) is 9.01. The van der Waals surface area contributed by atoms with Gasteiger partial charge in [0, 0.05) is 14.2 Å². The molecular weight excluding hydrogens is 475 g/mol. The second-order valence-corrected chi connectivity index (χ2v) is 11.5. The normalized spacial score (nSPS) is 27.5. The molecule has 0 bridgehead atoms. The maximum Gasteiger partial charge on any atom is 0.366 e. The molecule has 0 spiro atoms. The smallest absolute Gasteiger partial charge is 0.366 e. The summed E-state index contributed by atoms with van der Waals surface area (Å²) in [4.78, 5) is 0. The minimum atomic E-state index is -4.16. The summed E-state index contributed by atoms with van der Waals surface area (Å²) in [6, 6.07) is 19.0. The maximum absolute atomic E-state index is 13.7. The molecule has 2 aromatic rings. The van der Waals surface area contributed by atoms with Crippen molar-refractivity contribution in [1.82, 2.24) is 0 Å². The number of ether oxygens (including phenoxy) is 5. The molecule has 10 heteroatoms. The summed E-state index contributed by atoms with van der Waals surface area (Å²) in [6.07, 6.45) is -3.58. The first-order valence-corrected chi connectivity index (χ1v) is 13.0. The summed E-state index contributed by atoms with van der Waals surface area (Å²) in [6.45, 7) is 3.51. The Balaban J connectivity index is 1.61. The third-order valence-electron chi connectivity index (χ3n) is 6.11. The molecule has 0 aliphatic carbocycles. The van der Waals surface area contributed by atoms with Gasteiger partial charge in [-0.1, -0.05) is 60.7 Å². The summed E-state index contributed by atoms with van der Waals surface area (Å²) >= 11 is 0. The molecule has 2 heterocycles. The van der Waals surface area contributed by atoms with Gasteiger partial charge in [0.25, 0.3) is 0 Å². The van der Waals surface area contributed by atoms with Gasteiger partial charge in [-0.2, -0.15) is 0 Å². The Morgan fingerprint density at radius 2 is 1.51 bits per heavy atom. The van der Waals surface area contributed by atoms with Crippen LogP contribution in [0.3, 0.4) is 0 Å². The second kappa shape index (κ2) is 10.8. The van der Waals surface area contributed by atoms with E-state index in [2.05, 4.69) is 0 Å². The highest BCUT2D eigenvalue weighted by Crippen LogP contribution is 2.62. The first-order chi connectivity index (χ1) is 16.7. The summed E-state index contributed by atoms with van der Waals surface area (Å²) in [5, 5.41) is 9.69. The van der Waals surface area contributed by atoms with Crippen molar-refractivity contribution in [1.29, 1.82) is 0 Å². The number of fused-ring (bicyclic) bond motifs is 1. The Labute approximate surface area is 205 Å². The van der Waals surface area contributed by atoms with Crippen LogP contribution in [0.15, 0.2) is 60.7 Å². The molecule has 2 fully saturated rings. The minimum Gasteiger partial charge on any atom is -0.374 e. The van der Waals surface area contributed by atoms with Gasteiger partial charge in [0.1, 0.15) is 18.3 Å². The van der Waals surface area contributed by atoms with E-state index >= 15 is 0 Å². The highest BCUT2D eigenvalue weighted by atomic mass is 31.2. The summed E-state index contributed by atoms with van der Waals surface area (Å²) < 4.78 is 54.2. The Kier molecular flexibility index (Phi) is 8.12. The Hall–Kier alpha value is -1.65. The molecule has 2 aliphatic heterocycles. The van der Waals surface area contributed by atoms with Gasteiger partial charge in [-0.05, 0) is 25.0 Å². The molecule has 0 amide bonds. The molecule has 192 valence electrons. The van der Waals surface area contributed by atoms with Gasteiger partial charge >= 0.3 is 7.60 Å². The lowest BCUT2D eigenvalue weighted by Crippen LogP contribution is -2.54. The standard InChI is InChI=1S/C25H33O9P/c1-24(2)33-21-20(31-16-19-13-9-6-10-14-19)22(32-23(21)34-24)25(26,35(27,28-3)29-4)17-30-15-18-11-7-5-8-12-18/h5-14,20-23,26H,15-17H2,1-4H3/t20-,21-,22+,23-,25+/m1/s1. The summed E-state index contributed by atoms with van der Waals surface area (Å²) in [5.74, 6) is -0.914. The van der Waals surface area contributed by atoms with Crippen LogP contribution < -0.4 is 0 Å². The predicted molar refractivity (Wildman–Crippen MR) is 126 cm³/mol. The van der Waals surface area contributed by atoms with Crippen LogP contribution in [0.2, 0.25) is 0 Å². The predicted octanol–water partition coefficient (Wildman–Crippen LogP) is 3.84. The third kappa shape index (κ3) is 5.54. The minimum absolute atomic E-state index is 0.172. The molecule has 35 heavy (non-hydrogen) atoms. The average molecular weight is 509 g/mol. The molecule has 0 radical (unpaired) electrons. The molecule has 2 saturated heterocycles. The van der Waals surface area contributed by atoms with Crippen LogP contribution in [-0.4, -0.2) is 61.7 Å². The molecule has 0 saturated carbocycles. The van der Waals surface area contributed by atoms with Crippen molar-refractivity contribution in [2.24, 2.45) is 0 Å². The van der Waals surface area contributed by atoms with E-state index in [-0.39, 0.29) is 13.2 Å². The Bertz CT molecular complexity index is 995. The van der Waals surface area contributed by atoms with Gasteiger partial charge < -0.3 is 37.8 Å². The largest absolute Gasteiger partial charge is 0.374 e. The summed E-state index contributed by atoms with van der Waals surface area (Å²) in [7, 11) is -1.75. The van der Waals surface area contributed by atoms with Gasteiger partial charge in [-0.25, -0.2) is 0 Å². The first-order valence-electron chi connectivity index (χ1n) is 11.4.